The highest BCUT2D eigenvalue weighted by Crippen LogP contribution is 2.28. The Morgan fingerprint density at radius 2 is 1.84 bits per heavy atom. The number of nitrogens with zero attached hydrogens (tertiary/aromatic N) is 1. The lowest BCUT2D eigenvalue weighted by Gasteiger charge is -2.30. The third-order valence-corrected chi connectivity index (χ3v) is 4.66. The van der Waals surface area contributed by atoms with Crippen LogP contribution in [0.1, 0.15) is 30.1 Å². The number of rotatable bonds is 2. The average Bonchev–Trinajstić information content (AvgIpc) is 2.38. The summed E-state index contributed by atoms with van der Waals surface area (Å²) in [5.74, 6) is 0.284. The number of hydrogen-bond donors (Lipinski definition) is 0. The van der Waals surface area contributed by atoms with Gasteiger partial charge in [-0.1, -0.05) is 31.9 Å². The van der Waals surface area contributed by atoms with Gasteiger partial charge < -0.3 is 4.90 Å². The lowest BCUT2D eigenvalue weighted by Crippen LogP contribution is -2.39. The van der Waals surface area contributed by atoms with Crippen molar-refractivity contribution in [3.05, 3.63) is 32.7 Å². The third-order valence-electron chi connectivity index (χ3n) is 3.51. The Balaban J connectivity index is 2.07. The summed E-state index contributed by atoms with van der Waals surface area (Å²) >= 11 is 6.81. The smallest absolute Gasteiger partial charge is 0.219 e. The van der Waals surface area contributed by atoms with Crippen molar-refractivity contribution >= 4 is 43.6 Å². The van der Waals surface area contributed by atoms with Crippen LogP contribution in [0, 0.1) is 5.92 Å². The molecule has 0 aromatic heterocycles. The molecule has 0 N–H and O–H groups in total. The van der Waals surface area contributed by atoms with Crippen LogP contribution in [-0.2, 0) is 4.79 Å². The summed E-state index contributed by atoms with van der Waals surface area (Å²) < 4.78 is 1.77. The molecule has 0 saturated carbocycles. The average molecular weight is 389 g/mol. The molecule has 0 bridgehead atoms. The molecule has 1 aromatic rings. The molecule has 1 aromatic carbocycles. The number of ketones is 1. The number of piperidine rings is 1. The standard InChI is InChI=1S/C14H15Br2NO2/c1-9(18)17-6-4-10(5-7-17)14(19)12-3-2-11(15)8-13(12)16/h2-3,8,10H,4-7H2,1H3. The van der Waals surface area contributed by atoms with Gasteiger partial charge in [0.1, 0.15) is 0 Å². The molecule has 0 radical (unpaired) electrons. The Morgan fingerprint density at radius 1 is 1.21 bits per heavy atom. The predicted molar refractivity (Wildman–Crippen MR) is 81.2 cm³/mol. The topological polar surface area (TPSA) is 37.4 Å². The van der Waals surface area contributed by atoms with Crippen molar-refractivity contribution < 1.29 is 9.59 Å². The van der Waals surface area contributed by atoms with Gasteiger partial charge in [-0.3, -0.25) is 9.59 Å². The zero-order valence-electron chi connectivity index (χ0n) is 10.7. The van der Waals surface area contributed by atoms with Crippen molar-refractivity contribution in [3.8, 4) is 0 Å². The van der Waals surface area contributed by atoms with Gasteiger partial charge in [-0.15, -0.1) is 0 Å². The van der Waals surface area contributed by atoms with E-state index in [0.717, 1.165) is 27.4 Å². The van der Waals surface area contributed by atoms with Gasteiger partial charge in [-0.05, 0) is 31.0 Å². The van der Waals surface area contributed by atoms with Crippen molar-refractivity contribution in [2.45, 2.75) is 19.8 Å². The Labute approximate surface area is 129 Å². The fraction of sp³-hybridized carbons (Fsp3) is 0.429. The lowest BCUT2D eigenvalue weighted by molar-refractivity contribution is -0.130. The minimum absolute atomic E-state index is 0.0214. The molecule has 19 heavy (non-hydrogen) atoms. The first-order valence-corrected chi connectivity index (χ1v) is 7.82. The lowest BCUT2D eigenvalue weighted by atomic mass is 9.89. The zero-order valence-corrected chi connectivity index (χ0v) is 13.8. The molecule has 1 saturated heterocycles. The molecule has 1 heterocycles. The van der Waals surface area contributed by atoms with Gasteiger partial charge in [0.25, 0.3) is 0 Å². The number of Topliss-reactive ketones (excluding diaryl/α,β-unsaturated/α-hetero) is 1. The molecule has 5 heteroatoms. The SMILES string of the molecule is CC(=O)N1CCC(C(=O)c2ccc(Br)cc2Br)CC1. The fourth-order valence-corrected chi connectivity index (χ4v) is 3.61. The van der Waals surface area contributed by atoms with Crippen LogP contribution in [0.25, 0.3) is 0 Å². The number of halogens is 2. The highest BCUT2D eigenvalue weighted by molar-refractivity contribution is 9.11. The first-order chi connectivity index (χ1) is 8.99. The summed E-state index contributed by atoms with van der Waals surface area (Å²) in [5.41, 5.74) is 0.726. The minimum Gasteiger partial charge on any atom is -0.343 e. The number of hydrogen-bond acceptors (Lipinski definition) is 2. The second kappa shape index (κ2) is 6.18. The summed E-state index contributed by atoms with van der Waals surface area (Å²) in [5, 5.41) is 0. The normalized spacial score (nSPS) is 16.5. The maximum Gasteiger partial charge on any atom is 0.219 e. The van der Waals surface area contributed by atoms with Crippen molar-refractivity contribution in [2.24, 2.45) is 5.92 Å². The molecule has 0 aliphatic carbocycles. The Hall–Kier alpha value is -0.680. The van der Waals surface area contributed by atoms with Crippen LogP contribution in [0.2, 0.25) is 0 Å². The van der Waals surface area contributed by atoms with Crippen LogP contribution in [0.15, 0.2) is 27.1 Å². The van der Waals surface area contributed by atoms with Crippen molar-refractivity contribution in [1.29, 1.82) is 0 Å². The van der Waals surface area contributed by atoms with Gasteiger partial charge in [0.2, 0.25) is 5.91 Å². The molecular formula is C14H15Br2NO2. The Kier molecular flexibility index (Phi) is 4.79. The quantitative estimate of drug-likeness (QED) is 0.725. The first-order valence-electron chi connectivity index (χ1n) is 6.24. The van der Waals surface area contributed by atoms with E-state index in [-0.39, 0.29) is 17.6 Å². The summed E-state index contributed by atoms with van der Waals surface area (Å²) in [7, 11) is 0. The highest BCUT2D eigenvalue weighted by Gasteiger charge is 2.27. The molecule has 2 rings (SSSR count). The highest BCUT2D eigenvalue weighted by atomic mass is 79.9. The number of benzene rings is 1. The largest absolute Gasteiger partial charge is 0.343 e. The molecule has 0 spiro atoms. The van der Waals surface area contributed by atoms with E-state index in [4.69, 9.17) is 0 Å². The fourth-order valence-electron chi connectivity index (χ4n) is 2.37. The number of amides is 1. The van der Waals surface area contributed by atoms with E-state index in [9.17, 15) is 9.59 Å². The maximum absolute atomic E-state index is 12.5. The Bertz CT molecular complexity index is 508. The van der Waals surface area contributed by atoms with Gasteiger partial charge in [0, 0.05) is 40.4 Å². The van der Waals surface area contributed by atoms with Gasteiger partial charge in [-0.2, -0.15) is 0 Å². The minimum atomic E-state index is 0.0214. The molecule has 3 nitrogen and oxygen atoms in total. The van der Waals surface area contributed by atoms with Gasteiger partial charge in [-0.25, -0.2) is 0 Å². The molecule has 0 atom stereocenters. The number of likely N-dealkylation sites (tertiary alicyclic amines) is 1. The van der Waals surface area contributed by atoms with Crippen LogP contribution < -0.4 is 0 Å². The summed E-state index contributed by atoms with van der Waals surface area (Å²) in [4.78, 5) is 25.5. The Morgan fingerprint density at radius 3 is 2.37 bits per heavy atom. The molecular weight excluding hydrogens is 374 g/mol. The van der Waals surface area contributed by atoms with Crippen molar-refractivity contribution in [2.75, 3.05) is 13.1 Å². The summed E-state index contributed by atoms with van der Waals surface area (Å²) in [6, 6.07) is 5.61. The van der Waals surface area contributed by atoms with Crippen LogP contribution >= 0.6 is 31.9 Å². The predicted octanol–water partition coefficient (Wildman–Crippen LogP) is 3.65. The summed E-state index contributed by atoms with van der Waals surface area (Å²) in [6.45, 7) is 2.94. The van der Waals surface area contributed by atoms with E-state index in [1.54, 1.807) is 11.8 Å². The van der Waals surface area contributed by atoms with Crippen molar-refractivity contribution in [3.63, 3.8) is 0 Å². The van der Waals surface area contributed by atoms with E-state index >= 15 is 0 Å². The van der Waals surface area contributed by atoms with Crippen LogP contribution in [0.3, 0.4) is 0 Å². The van der Waals surface area contributed by atoms with E-state index in [1.165, 1.54) is 0 Å². The monoisotopic (exact) mass is 387 g/mol. The van der Waals surface area contributed by atoms with E-state index in [0.29, 0.717) is 13.1 Å². The molecule has 1 aliphatic rings. The van der Waals surface area contributed by atoms with E-state index in [1.807, 2.05) is 18.2 Å². The number of carbonyl (C=O) groups is 2. The second-order valence-electron chi connectivity index (χ2n) is 4.77. The molecule has 102 valence electrons. The first kappa shape index (κ1) is 14.7. The van der Waals surface area contributed by atoms with Gasteiger partial charge in [0.05, 0.1) is 0 Å². The second-order valence-corrected chi connectivity index (χ2v) is 6.54. The van der Waals surface area contributed by atoms with Crippen molar-refractivity contribution in [1.82, 2.24) is 4.90 Å². The zero-order chi connectivity index (χ0) is 14.0. The molecule has 1 aliphatic heterocycles. The summed E-state index contributed by atoms with van der Waals surface area (Å²) in [6.07, 6.45) is 1.50. The van der Waals surface area contributed by atoms with E-state index in [2.05, 4.69) is 31.9 Å². The van der Waals surface area contributed by atoms with Crippen LogP contribution in [-0.4, -0.2) is 29.7 Å². The molecule has 1 amide bonds. The maximum atomic E-state index is 12.5. The number of carbonyl (C=O) groups excluding carboxylic acids is 2. The molecule has 1 fully saturated rings. The van der Waals surface area contributed by atoms with Crippen LogP contribution in [0.4, 0.5) is 0 Å². The molecule has 0 unspecified atom stereocenters. The van der Waals surface area contributed by atoms with Crippen LogP contribution in [0.5, 0.6) is 0 Å². The van der Waals surface area contributed by atoms with E-state index < -0.39 is 0 Å². The van der Waals surface area contributed by atoms with Gasteiger partial charge >= 0.3 is 0 Å². The van der Waals surface area contributed by atoms with Gasteiger partial charge in [0.15, 0.2) is 5.78 Å². The third kappa shape index (κ3) is 3.45.